The number of benzene rings is 1. The summed E-state index contributed by atoms with van der Waals surface area (Å²) in [6.07, 6.45) is 3.89. The van der Waals surface area contributed by atoms with E-state index in [9.17, 15) is 0 Å². The maximum atomic E-state index is 5.63. The minimum absolute atomic E-state index is 0.577. The van der Waals surface area contributed by atoms with Gasteiger partial charge in [-0.3, -0.25) is 0 Å². The Kier molecular flexibility index (Phi) is 5.92. The minimum atomic E-state index is 0.577. The molecule has 3 atom stereocenters. The molecule has 1 saturated carbocycles. The highest BCUT2D eigenvalue weighted by Crippen LogP contribution is 2.44. The average molecular weight is 291 g/mol. The van der Waals surface area contributed by atoms with Gasteiger partial charge in [-0.05, 0) is 55.3 Å². The molecule has 118 valence electrons. The van der Waals surface area contributed by atoms with Crippen LogP contribution in [0.25, 0.3) is 0 Å². The molecule has 0 heterocycles. The van der Waals surface area contributed by atoms with Gasteiger partial charge in [0.1, 0.15) is 11.5 Å². The maximum absolute atomic E-state index is 5.63. The molecule has 3 unspecified atom stereocenters. The van der Waals surface area contributed by atoms with Crippen molar-refractivity contribution in [2.24, 2.45) is 11.8 Å². The van der Waals surface area contributed by atoms with Gasteiger partial charge in [0.05, 0.1) is 14.2 Å². The molecule has 1 N–H and O–H groups in total. The van der Waals surface area contributed by atoms with Crippen molar-refractivity contribution in [1.29, 1.82) is 0 Å². The van der Waals surface area contributed by atoms with E-state index in [1.54, 1.807) is 14.2 Å². The van der Waals surface area contributed by atoms with E-state index in [0.29, 0.717) is 11.8 Å². The topological polar surface area (TPSA) is 30.5 Å². The van der Waals surface area contributed by atoms with Crippen molar-refractivity contribution in [2.75, 3.05) is 27.3 Å². The molecule has 1 aliphatic rings. The Morgan fingerprint density at radius 3 is 2.67 bits per heavy atom. The lowest BCUT2D eigenvalue weighted by Crippen LogP contribution is -2.31. The summed E-state index contributed by atoms with van der Waals surface area (Å²) in [4.78, 5) is 0. The predicted molar refractivity (Wildman–Crippen MR) is 87.3 cm³/mol. The zero-order chi connectivity index (χ0) is 15.2. The highest BCUT2D eigenvalue weighted by atomic mass is 16.5. The lowest BCUT2D eigenvalue weighted by molar-refractivity contribution is 0.238. The van der Waals surface area contributed by atoms with Crippen LogP contribution in [0.4, 0.5) is 0 Å². The second-order valence-corrected chi connectivity index (χ2v) is 6.20. The molecule has 2 rings (SSSR count). The third kappa shape index (κ3) is 3.91. The summed E-state index contributed by atoms with van der Waals surface area (Å²) in [7, 11) is 3.45. The molecule has 0 spiro atoms. The Hall–Kier alpha value is -1.22. The van der Waals surface area contributed by atoms with Crippen LogP contribution in [-0.4, -0.2) is 27.3 Å². The second-order valence-electron chi connectivity index (χ2n) is 6.20. The zero-order valence-corrected chi connectivity index (χ0v) is 13.8. The first-order valence-corrected chi connectivity index (χ1v) is 8.12. The number of hydrogen-bond donors (Lipinski definition) is 1. The van der Waals surface area contributed by atoms with Crippen molar-refractivity contribution in [2.45, 2.75) is 39.0 Å². The monoisotopic (exact) mass is 291 g/mol. The molecule has 0 radical (unpaired) electrons. The van der Waals surface area contributed by atoms with Crippen molar-refractivity contribution in [3.8, 4) is 11.5 Å². The maximum Gasteiger partial charge on any atom is 0.126 e. The first-order chi connectivity index (χ1) is 10.2. The molecule has 1 fully saturated rings. The number of hydrogen-bond acceptors (Lipinski definition) is 3. The van der Waals surface area contributed by atoms with E-state index in [-0.39, 0.29) is 0 Å². The molecule has 21 heavy (non-hydrogen) atoms. The standard InChI is InChI=1S/C18H29NO2/c1-5-19-12-14-7-6-13(2)10-17(14)16-9-8-15(20-3)11-18(16)21-4/h8-9,11,13-14,17,19H,5-7,10,12H2,1-4H3. The Labute approximate surface area is 129 Å². The summed E-state index contributed by atoms with van der Waals surface area (Å²) in [5.74, 6) is 3.90. The highest BCUT2D eigenvalue weighted by molar-refractivity contribution is 5.43. The predicted octanol–water partition coefficient (Wildman–Crippen LogP) is 3.83. The molecule has 1 aromatic rings. The normalized spacial score (nSPS) is 25.6. The van der Waals surface area contributed by atoms with Crippen LogP contribution in [0.5, 0.6) is 11.5 Å². The van der Waals surface area contributed by atoms with Gasteiger partial charge in [-0.2, -0.15) is 0 Å². The van der Waals surface area contributed by atoms with Gasteiger partial charge in [-0.25, -0.2) is 0 Å². The lowest BCUT2D eigenvalue weighted by Gasteiger charge is -2.36. The van der Waals surface area contributed by atoms with Crippen molar-refractivity contribution < 1.29 is 9.47 Å². The average Bonchev–Trinajstić information content (AvgIpc) is 2.53. The molecule has 0 aliphatic heterocycles. The van der Waals surface area contributed by atoms with E-state index in [1.807, 2.05) is 6.07 Å². The van der Waals surface area contributed by atoms with Gasteiger partial charge >= 0.3 is 0 Å². The SMILES string of the molecule is CCNCC1CCC(C)CC1c1ccc(OC)cc1OC. The number of rotatable bonds is 6. The summed E-state index contributed by atoms with van der Waals surface area (Å²) in [5, 5.41) is 3.53. The molecule has 0 bridgehead atoms. The van der Waals surface area contributed by atoms with Crippen molar-refractivity contribution >= 4 is 0 Å². The van der Waals surface area contributed by atoms with Gasteiger partial charge in [-0.1, -0.05) is 26.3 Å². The van der Waals surface area contributed by atoms with Gasteiger partial charge in [0.15, 0.2) is 0 Å². The van der Waals surface area contributed by atoms with E-state index in [0.717, 1.165) is 30.5 Å². The molecule has 0 amide bonds. The third-order valence-electron chi connectivity index (χ3n) is 4.75. The molecule has 0 saturated heterocycles. The van der Waals surface area contributed by atoms with E-state index in [1.165, 1.54) is 24.8 Å². The van der Waals surface area contributed by atoms with Crippen LogP contribution in [0.3, 0.4) is 0 Å². The number of nitrogens with one attached hydrogen (secondary N) is 1. The number of ether oxygens (including phenoxy) is 2. The molecule has 1 aliphatic carbocycles. The van der Waals surface area contributed by atoms with E-state index in [2.05, 4.69) is 31.3 Å². The fourth-order valence-electron chi connectivity index (χ4n) is 3.52. The van der Waals surface area contributed by atoms with Crippen LogP contribution < -0.4 is 14.8 Å². The van der Waals surface area contributed by atoms with Gasteiger partial charge in [0.25, 0.3) is 0 Å². The fraction of sp³-hybridized carbons (Fsp3) is 0.667. The summed E-state index contributed by atoms with van der Waals surface area (Å²) < 4.78 is 10.9. The largest absolute Gasteiger partial charge is 0.497 e. The molecule has 1 aromatic carbocycles. The Morgan fingerprint density at radius 2 is 2.00 bits per heavy atom. The lowest BCUT2D eigenvalue weighted by atomic mass is 9.71. The minimum Gasteiger partial charge on any atom is -0.497 e. The van der Waals surface area contributed by atoms with Gasteiger partial charge in [0, 0.05) is 6.07 Å². The fourth-order valence-corrected chi connectivity index (χ4v) is 3.52. The summed E-state index contributed by atoms with van der Waals surface area (Å²) in [6.45, 7) is 6.68. The van der Waals surface area contributed by atoms with Crippen LogP contribution in [0.2, 0.25) is 0 Å². The molecule has 3 nitrogen and oxygen atoms in total. The molecular formula is C18H29NO2. The first kappa shape index (κ1) is 16.2. The van der Waals surface area contributed by atoms with Crippen molar-refractivity contribution in [3.63, 3.8) is 0 Å². The van der Waals surface area contributed by atoms with Crippen LogP contribution in [0, 0.1) is 11.8 Å². The first-order valence-electron chi connectivity index (χ1n) is 8.12. The van der Waals surface area contributed by atoms with Crippen molar-refractivity contribution in [1.82, 2.24) is 5.32 Å². The quantitative estimate of drug-likeness (QED) is 0.864. The van der Waals surface area contributed by atoms with E-state index < -0.39 is 0 Å². The summed E-state index contributed by atoms with van der Waals surface area (Å²) >= 11 is 0. The summed E-state index contributed by atoms with van der Waals surface area (Å²) in [5.41, 5.74) is 1.34. The Balaban J connectivity index is 2.26. The van der Waals surface area contributed by atoms with Crippen molar-refractivity contribution in [3.05, 3.63) is 23.8 Å². The van der Waals surface area contributed by atoms with Gasteiger partial charge in [-0.15, -0.1) is 0 Å². The zero-order valence-electron chi connectivity index (χ0n) is 13.8. The van der Waals surface area contributed by atoms with Crippen LogP contribution in [0.1, 0.15) is 44.6 Å². The third-order valence-corrected chi connectivity index (χ3v) is 4.75. The molecule has 3 heteroatoms. The van der Waals surface area contributed by atoms with E-state index in [4.69, 9.17) is 9.47 Å². The van der Waals surface area contributed by atoms with Gasteiger partial charge < -0.3 is 14.8 Å². The second kappa shape index (κ2) is 7.69. The number of methoxy groups -OCH3 is 2. The Morgan fingerprint density at radius 1 is 1.19 bits per heavy atom. The van der Waals surface area contributed by atoms with Crippen LogP contribution in [0.15, 0.2) is 18.2 Å². The van der Waals surface area contributed by atoms with E-state index >= 15 is 0 Å². The van der Waals surface area contributed by atoms with Gasteiger partial charge in [0.2, 0.25) is 0 Å². The smallest absolute Gasteiger partial charge is 0.126 e. The highest BCUT2D eigenvalue weighted by Gasteiger charge is 2.31. The molecular weight excluding hydrogens is 262 g/mol. The molecule has 0 aromatic heterocycles. The van der Waals surface area contributed by atoms with Crippen LogP contribution >= 0.6 is 0 Å². The Bertz CT molecular complexity index is 445. The summed E-state index contributed by atoms with van der Waals surface area (Å²) in [6, 6.07) is 6.26. The van der Waals surface area contributed by atoms with Crippen LogP contribution in [-0.2, 0) is 0 Å².